The van der Waals surface area contributed by atoms with Crippen LogP contribution in [0, 0.1) is 0 Å². The summed E-state index contributed by atoms with van der Waals surface area (Å²) in [6.07, 6.45) is -7.98. The van der Waals surface area contributed by atoms with Crippen molar-refractivity contribution in [2.45, 2.75) is 37.3 Å². The Morgan fingerprint density at radius 3 is 1.81 bits per heavy atom. The number of rotatable bonds is 6. The molecule has 0 aliphatic rings. The van der Waals surface area contributed by atoms with Gasteiger partial charge in [-0.1, -0.05) is 6.08 Å². The molecule has 0 aromatic carbocycles. The van der Waals surface area contributed by atoms with Crippen molar-refractivity contribution in [3.05, 3.63) is 12.2 Å². The largest absolute Gasteiger partial charge is 0.466 e. The van der Waals surface area contributed by atoms with Crippen LogP contribution in [0.2, 0.25) is 0 Å². The first-order valence-electron chi connectivity index (χ1n) is 5.18. The highest BCUT2D eigenvalue weighted by atomic mass is 19.4. The molecule has 0 atom stereocenters. The van der Waals surface area contributed by atoms with E-state index in [1.54, 1.807) is 0 Å². The molecule has 0 fully saturated rings. The highest BCUT2D eigenvalue weighted by Gasteiger charge is 2.81. The summed E-state index contributed by atoms with van der Waals surface area (Å²) in [5.74, 6) is -20.1. The van der Waals surface area contributed by atoms with E-state index in [2.05, 4.69) is 4.74 Å². The predicted molar refractivity (Wildman–Crippen MR) is 51.3 cm³/mol. The van der Waals surface area contributed by atoms with Crippen LogP contribution in [-0.4, -0.2) is 36.5 Å². The van der Waals surface area contributed by atoms with Crippen LogP contribution in [-0.2, 0) is 9.53 Å². The van der Waals surface area contributed by atoms with Gasteiger partial charge in [-0.05, 0) is 12.5 Å². The second-order valence-corrected chi connectivity index (χ2v) is 3.80. The molecule has 0 rings (SSSR count). The monoisotopic (exact) mass is 332 g/mol. The van der Waals surface area contributed by atoms with E-state index in [9.17, 15) is 44.3 Å². The minimum absolute atomic E-state index is 0.212. The first-order valence-corrected chi connectivity index (χ1v) is 5.18. The molecule has 21 heavy (non-hydrogen) atoms. The Hall–Kier alpha value is -1.42. The van der Waals surface area contributed by atoms with E-state index in [1.165, 1.54) is 0 Å². The molecular formula is C10H9F9O2. The molecule has 0 aliphatic heterocycles. The predicted octanol–water partition coefficient (Wildman–Crippen LogP) is 3.96. The van der Waals surface area contributed by atoms with Gasteiger partial charge in [0, 0.05) is 6.92 Å². The van der Waals surface area contributed by atoms with Crippen molar-refractivity contribution in [3.63, 3.8) is 0 Å². The number of ether oxygens (including phenoxy) is 1. The molecule has 2 nitrogen and oxygen atoms in total. The Bertz CT molecular complexity index is 398. The highest BCUT2D eigenvalue weighted by molar-refractivity contribution is 5.65. The number of esters is 1. The van der Waals surface area contributed by atoms with Gasteiger partial charge in [-0.15, -0.1) is 0 Å². The SMILES string of the molecule is CC(=O)OCCC=CC(F)(F)C(F)(F)C(F)(F)C(F)(F)F. The van der Waals surface area contributed by atoms with Crippen molar-refractivity contribution >= 4 is 5.97 Å². The molecule has 0 amide bonds. The molecule has 11 heteroatoms. The van der Waals surface area contributed by atoms with Gasteiger partial charge < -0.3 is 4.74 Å². The Morgan fingerprint density at radius 1 is 0.952 bits per heavy atom. The van der Waals surface area contributed by atoms with Gasteiger partial charge in [-0.25, -0.2) is 0 Å². The maximum atomic E-state index is 12.9. The number of hydrogen-bond donors (Lipinski definition) is 0. The average Bonchev–Trinajstić information content (AvgIpc) is 2.25. The molecule has 0 bridgehead atoms. The fourth-order valence-corrected chi connectivity index (χ4v) is 0.994. The number of allylic oxidation sites excluding steroid dienone is 1. The van der Waals surface area contributed by atoms with E-state index < -0.39 is 49.0 Å². The lowest BCUT2D eigenvalue weighted by molar-refractivity contribution is -0.388. The topological polar surface area (TPSA) is 26.3 Å². The van der Waals surface area contributed by atoms with Crippen LogP contribution in [0.5, 0.6) is 0 Å². The Kier molecular flexibility index (Phi) is 5.73. The molecule has 124 valence electrons. The van der Waals surface area contributed by atoms with Crippen LogP contribution < -0.4 is 0 Å². The molecular weight excluding hydrogens is 323 g/mol. The summed E-state index contributed by atoms with van der Waals surface area (Å²) in [7, 11) is 0. The molecule has 0 spiro atoms. The second-order valence-electron chi connectivity index (χ2n) is 3.80. The van der Waals surface area contributed by atoms with E-state index in [0.717, 1.165) is 6.92 Å². The second kappa shape index (κ2) is 6.14. The van der Waals surface area contributed by atoms with Crippen molar-refractivity contribution in [2.75, 3.05) is 6.61 Å². The smallest absolute Gasteiger partial charge is 0.460 e. The van der Waals surface area contributed by atoms with Gasteiger partial charge in [0.25, 0.3) is 0 Å². The Labute approximate surface area is 112 Å². The highest BCUT2D eigenvalue weighted by Crippen LogP contribution is 2.53. The van der Waals surface area contributed by atoms with Gasteiger partial charge in [-0.3, -0.25) is 4.79 Å². The van der Waals surface area contributed by atoms with Crippen molar-refractivity contribution in [1.29, 1.82) is 0 Å². The third-order valence-electron chi connectivity index (χ3n) is 2.09. The summed E-state index contributed by atoms with van der Waals surface area (Å²) in [5, 5.41) is 0. The minimum atomic E-state index is -6.91. The quantitative estimate of drug-likeness (QED) is 0.318. The molecule has 0 heterocycles. The van der Waals surface area contributed by atoms with Crippen LogP contribution in [0.4, 0.5) is 39.5 Å². The zero-order valence-corrected chi connectivity index (χ0v) is 10.3. The van der Waals surface area contributed by atoms with E-state index in [4.69, 9.17) is 0 Å². The van der Waals surface area contributed by atoms with Crippen molar-refractivity contribution in [2.24, 2.45) is 0 Å². The number of hydrogen-bond acceptors (Lipinski definition) is 2. The van der Waals surface area contributed by atoms with Crippen molar-refractivity contribution in [1.82, 2.24) is 0 Å². The maximum Gasteiger partial charge on any atom is 0.460 e. The molecule has 0 aromatic heterocycles. The van der Waals surface area contributed by atoms with Crippen LogP contribution in [0.25, 0.3) is 0 Å². The normalized spacial score (nSPS) is 14.6. The third-order valence-corrected chi connectivity index (χ3v) is 2.09. The summed E-state index contributed by atoms with van der Waals surface area (Å²) >= 11 is 0. The van der Waals surface area contributed by atoms with Gasteiger partial charge in [0.15, 0.2) is 0 Å². The van der Waals surface area contributed by atoms with Crippen LogP contribution in [0.15, 0.2) is 12.2 Å². The first kappa shape index (κ1) is 19.6. The Balaban J connectivity index is 5.04. The lowest BCUT2D eigenvalue weighted by Gasteiger charge is -2.32. The molecule has 0 aromatic rings. The summed E-state index contributed by atoms with van der Waals surface area (Å²) < 4.78 is 116. The van der Waals surface area contributed by atoms with E-state index in [0.29, 0.717) is 0 Å². The average molecular weight is 332 g/mol. The number of carbonyl (C=O) groups is 1. The third kappa shape index (κ3) is 4.27. The zero-order chi connectivity index (χ0) is 17.1. The zero-order valence-electron chi connectivity index (χ0n) is 10.3. The van der Waals surface area contributed by atoms with E-state index in [-0.39, 0.29) is 6.08 Å². The molecule has 0 radical (unpaired) electrons. The maximum absolute atomic E-state index is 12.9. The van der Waals surface area contributed by atoms with Crippen molar-refractivity contribution in [3.8, 4) is 0 Å². The molecule has 0 saturated heterocycles. The molecule has 0 aliphatic carbocycles. The van der Waals surface area contributed by atoms with Gasteiger partial charge >= 0.3 is 29.9 Å². The fourth-order valence-electron chi connectivity index (χ4n) is 0.994. The number of carbonyl (C=O) groups excluding carboxylic acids is 1. The lowest BCUT2D eigenvalue weighted by Crippen LogP contribution is -2.60. The molecule has 0 saturated carbocycles. The van der Waals surface area contributed by atoms with Crippen LogP contribution in [0.1, 0.15) is 13.3 Å². The van der Waals surface area contributed by atoms with E-state index >= 15 is 0 Å². The van der Waals surface area contributed by atoms with Crippen molar-refractivity contribution < 1.29 is 49.0 Å². The lowest BCUT2D eigenvalue weighted by atomic mass is 10.0. The van der Waals surface area contributed by atoms with Gasteiger partial charge in [0.1, 0.15) is 0 Å². The van der Waals surface area contributed by atoms with Crippen LogP contribution in [0.3, 0.4) is 0 Å². The number of halogens is 9. The fraction of sp³-hybridized carbons (Fsp3) is 0.700. The van der Waals surface area contributed by atoms with Gasteiger partial charge in [0.05, 0.1) is 6.61 Å². The number of alkyl halides is 9. The van der Waals surface area contributed by atoms with E-state index in [1.807, 2.05) is 0 Å². The van der Waals surface area contributed by atoms with Crippen LogP contribution >= 0.6 is 0 Å². The summed E-state index contributed by atoms with van der Waals surface area (Å²) in [6, 6.07) is 0. The minimum Gasteiger partial charge on any atom is -0.466 e. The summed E-state index contributed by atoms with van der Waals surface area (Å²) in [4.78, 5) is 10.3. The molecule has 0 unspecified atom stereocenters. The first-order chi connectivity index (χ1) is 9.17. The van der Waals surface area contributed by atoms with Gasteiger partial charge in [-0.2, -0.15) is 39.5 Å². The summed E-state index contributed by atoms with van der Waals surface area (Å²) in [6.45, 7) is 0.430. The van der Waals surface area contributed by atoms with Gasteiger partial charge in [0.2, 0.25) is 0 Å². The summed E-state index contributed by atoms with van der Waals surface area (Å²) in [5.41, 5.74) is 0. The Morgan fingerprint density at radius 2 is 1.43 bits per heavy atom. The molecule has 0 N–H and O–H groups in total. The standard InChI is InChI=1S/C10H9F9O2/c1-6(20)21-5-3-2-4-7(11,12)8(13,14)9(15,16)10(17,18)19/h2,4H,3,5H2,1H3.